The molecule has 2 rings (SSSR count). The van der Waals surface area contributed by atoms with Crippen LogP contribution in [-0.2, 0) is 0 Å². The van der Waals surface area contributed by atoms with Gasteiger partial charge in [0.05, 0.1) is 18.5 Å². The summed E-state index contributed by atoms with van der Waals surface area (Å²) in [4.78, 5) is 14.7. The van der Waals surface area contributed by atoms with Crippen molar-refractivity contribution >= 4 is 11.7 Å². The van der Waals surface area contributed by atoms with E-state index in [1.165, 1.54) is 10.9 Å². The molecule has 0 radical (unpaired) electrons. The number of hydrogen-bond donors (Lipinski definition) is 4. The lowest BCUT2D eigenvalue weighted by Gasteiger charge is -2.17. The van der Waals surface area contributed by atoms with Gasteiger partial charge in [-0.25, -0.2) is 9.37 Å². The van der Waals surface area contributed by atoms with Crippen LogP contribution in [0, 0.1) is 5.92 Å². The van der Waals surface area contributed by atoms with Gasteiger partial charge in [-0.05, 0) is 6.42 Å². The first-order valence-electron chi connectivity index (χ1n) is 5.52. The van der Waals surface area contributed by atoms with E-state index in [-0.39, 0.29) is 24.5 Å². The zero-order valence-corrected chi connectivity index (χ0v) is 9.53. The third-order valence-corrected chi connectivity index (χ3v) is 3.38. The molecule has 18 heavy (non-hydrogen) atoms. The number of aliphatic hydroxyl groups excluding tert-OH is 2. The Balaban J connectivity index is 2.30. The standard InChI is InChI=1S/C10H15FN4O3/c11-6-5(1-4(2-16)8(6)17)15-3-14-7(9(15)12)10(13)18/h3-6,8,16-17H,1-2,12H2,(H2,13,18). The minimum Gasteiger partial charge on any atom is -0.396 e. The van der Waals surface area contributed by atoms with Gasteiger partial charge >= 0.3 is 0 Å². The van der Waals surface area contributed by atoms with Crippen molar-refractivity contribution < 1.29 is 19.4 Å². The van der Waals surface area contributed by atoms with Crippen LogP contribution in [0.1, 0.15) is 23.0 Å². The molecule has 0 spiro atoms. The summed E-state index contributed by atoms with van der Waals surface area (Å²) in [5.41, 5.74) is 10.6. The molecule has 0 aliphatic heterocycles. The van der Waals surface area contributed by atoms with E-state index >= 15 is 0 Å². The van der Waals surface area contributed by atoms with Crippen LogP contribution in [0.15, 0.2) is 6.33 Å². The number of primary amides is 1. The molecule has 0 bridgehead atoms. The summed E-state index contributed by atoms with van der Waals surface area (Å²) in [6.07, 6.45) is -1.38. The minimum absolute atomic E-state index is 0.0269. The maximum absolute atomic E-state index is 13.9. The molecule has 4 unspecified atom stereocenters. The number of alkyl halides is 1. The molecule has 1 amide bonds. The Hall–Kier alpha value is -1.67. The first-order valence-corrected chi connectivity index (χ1v) is 5.52. The maximum Gasteiger partial charge on any atom is 0.271 e. The number of nitrogens with two attached hydrogens (primary N) is 2. The van der Waals surface area contributed by atoms with Crippen molar-refractivity contribution in [3.8, 4) is 0 Å². The Morgan fingerprint density at radius 1 is 1.67 bits per heavy atom. The lowest BCUT2D eigenvalue weighted by atomic mass is 10.1. The zero-order valence-electron chi connectivity index (χ0n) is 9.53. The molecule has 1 aliphatic carbocycles. The first-order chi connectivity index (χ1) is 8.47. The Bertz CT molecular complexity index is 464. The van der Waals surface area contributed by atoms with Gasteiger partial charge in [-0.15, -0.1) is 0 Å². The highest BCUT2D eigenvalue weighted by molar-refractivity contribution is 5.95. The number of nitrogens with zero attached hydrogens (tertiary/aromatic N) is 2. The highest BCUT2D eigenvalue weighted by Gasteiger charge is 2.44. The molecule has 100 valence electrons. The normalized spacial score (nSPS) is 31.7. The monoisotopic (exact) mass is 258 g/mol. The predicted molar refractivity (Wildman–Crippen MR) is 60.3 cm³/mol. The highest BCUT2D eigenvalue weighted by Crippen LogP contribution is 2.38. The molecule has 4 atom stereocenters. The number of halogens is 1. The summed E-state index contributed by atoms with van der Waals surface area (Å²) in [5.74, 6) is -1.37. The van der Waals surface area contributed by atoms with Crippen molar-refractivity contribution in [2.75, 3.05) is 12.3 Å². The molecule has 1 saturated carbocycles. The molecule has 1 fully saturated rings. The molecule has 6 N–H and O–H groups in total. The van der Waals surface area contributed by atoms with Gasteiger partial charge in [-0.1, -0.05) is 0 Å². The van der Waals surface area contributed by atoms with E-state index in [2.05, 4.69) is 4.98 Å². The smallest absolute Gasteiger partial charge is 0.271 e. The van der Waals surface area contributed by atoms with E-state index in [1.54, 1.807) is 0 Å². The quantitative estimate of drug-likeness (QED) is 0.542. The van der Waals surface area contributed by atoms with Crippen molar-refractivity contribution in [3.05, 3.63) is 12.0 Å². The summed E-state index contributed by atoms with van der Waals surface area (Å²) in [7, 11) is 0. The fourth-order valence-corrected chi connectivity index (χ4v) is 2.34. The summed E-state index contributed by atoms with van der Waals surface area (Å²) in [5, 5.41) is 18.6. The van der Waals surface area contributed by atoms with E-state index in [0.717, 1.165) is 0 Å². The number of rotatable bonds is 3. The third kappa shape index (κ3) is 1.83. The topological polar surface area (TPSA) is 127 Å². The number of anilines is 1. The molecular formula is C10H15FN4O3. The fourth-order valence-electron chi connectivity index (χ4n) is 2.34. The van der Waals surface area contributed by atoms with Gasteiger partial charge < -0.3 is 26.2 Å². The van der Waals surface area contributed by atoms with Crippen molar-refractivity contribution in [3.63, 3.8) is 0 Å². The second-order valence-electron chi connectivity index (χ2n) is 4.43. The van der Waals surface area contributed by atoms with Crippen LogP contribution in [0.3, 0.4) is 0 Å². The second kappa shape index (κ2) is 4.54. The number of hydrogen-bond acceptors (Lipinski definition) is 5. The van der Waals surface area contributed by atoms with Gasteiger partial charge in [0.2, 0.25) is 0 Å². The predicted octanol–water partition coefficient (Wildman–Crippen LogP) is -1.18. The number of carbonyl (C=O) groups excluding carboxylic acids is 1. The summed E-state index contributed by atoms with van der Waals surface area (Å²) in [6.45, 7) is -0.310. The lowest BCUT2D eigenvalue weighted by Crippen LogP contribution is -2.27. The van der Waals surface area contributed by atoms with E-state index in [0.29, 0.717) is 0 Å². The zero-order chi connectivity index (χ0) is 13.4. The number of nitrogen functional groups attached to an aromatic ring is 1. The molecule has 7 nitrogen and oxygen atoms in total. The number of carbonyl (C=O) groups is 1. The molecule has 0 aromatic carbocycles. The van der Waals surface area contributed by atoms with Gasteiger partial charge in [0.15, 0.2) is 5.69 Å². The van der Waals surface area contributed by atoms with E-state index < -0.39 is 30.1 Å². The van der Waals surface area contributed by atoms with Gasteiger partial charge in [0.25, 0.3) is 5.91 Å². The Labute approximate surface area is 102 Å². The number of aliphatic hydroxyl groups is 2. The van der Waals surface area contributed by atoms with Crippen molar-refractivity contribution in [1.29, 1.82) is 0 Å². The van der Waals surface area contributed by atoms with E-state index in [1.807, 2.05) is 0 Å². The van der Waals surface area contributed by atoms with Crippen molar-refractivity contribution in [2.24, 2.45) is 11.7 Å². The van der Waals surface area contributed by atoms with E-state index in [4.69, 9.17) is 16.6 Å². The third-order valence-electron chi connectivity index (χ3n) is 3.38. The molecule has 1 aromatic rings. The first kappa shape index (κ1) is 12.8. The lowest BCUT2D eigenvalue weighted by molar-refractivity contribution is 0.0399. The van der Waals surface area contributed by atoms with Crippen LogP contribution in [0.4, 0.5) is 10.2 Å². The largest absolute Gasteiger partial charge is 0.396 e. The van der Waals surface area contributed by atoms with Crippen LogP contribution in [-0.4, -0.2) is 44.6 Å². The minimum atomic E-state index is -1.57. The molecule has 8 heteroatoms. The average molecular weight is 258 g/mol. The number of imidazole rings is 1. The summed E-state index contributed by atoms with van der Waals surface area (Å²) < 4.78 is 15.2. The number of amides is 1. The second-order valence-corrected chi connectivity index (χ2v) is 4.43. The summed E-state index contributed by atoms with van der Waals surface area (Å²) in [6, 6.07) is -0.752. The Morgan fingerprint density at radius 2 is 2.33 bits per heavy atom. The van der Waals surface area contributed by atoms with Crippen LogP contribution < -0.4 is 11.5 Å². The van der Waals surface area contributed by atoms with Crippen LogP contribution in [0.2, 0.25) is 0 Å². The SMILES string of the molecule is NC(=O)c1ncn(C2CC(CO)C(O)C2F)c1N. The van der Waals surface area contributed by atoms with Gasteiger partial charge in [0, 0.05) is 12.5 Å². The molecular weight excluding hydrogens is 243 g/mol. The molecule has 0 saturated heterocycles. The van der Waals surface area contributed by atoms with Gasteiger partial charge in [-0.2, -0.15) is 0 Å². The number of aromatic nitrogens is 2. The molecule has 1 aromatic heterocycles. The van der Waals surface area contributed by atoms with Crippen molar-refractivity contribution in [1.82, 2.24) is 9.55 Å². The van der Waals surface area contributed by atoms with Crippen LogP contribution in [0.25, 0.3) is 0 Å². The highest BCUT2D eigenvalue weighted by atomic mass is 19.1. The molecule has 1 aliphatic rings. The van der Waals surface area contributed by atoms with Crippen LogP contribution >= 0.6 is 0 Å². The van der Waals surface area contributed by atoms with Gasteiger partial charge in [0.1, 0.15) is 12.0 Å². The summed E-state index contributed by atoms with van der Waals surface area (Å²) >= 11 is 0. The van der Waals surface area contributed by atoms with Crippen molar-refractivity contribution in [2.45, 2.75) is 24.7 Å². The van der Waals surface area contributed by atoms with E-state index in [9.17, 15) is 14.3 Å². The maximum atomic E-state index is 13.9. The van der Waals surface area contributed by atoms with Crippen LogP contribution in [0.5, 0.6) is 0 Å². The fraction of sp³-hybridized carbons (Fsp3) is 0.600. The van der Waals surface area contributed by atoms with Gasteiger partial charge in [-0.3, -0.25) is 4.79 Å². The Morgan fingerprint density at radius 3 is 2.78 bits per heavy atom. The Kier molecular flexibility index (Phi) is 3.22. The molecule has 1 heterocycles. The average Bonchev–Trinajstić information content (AvgIpc) is 2.82.